The Balaban J connectivity index is 2.97. The largest absolute Gasteiger partial charge is 0.490 e. The van der Waals surface area contributed by atoms with Gasteiger partial charge in [0.2, 0.25) is 10.0 Å². The molecule has 0 saturated carbocycles. The van der Waals surface area contributed by atoms with E-state index in [1.54, 1.807) is 12.1 Å². The first-order valence-electron chi connectivity index (χ1n) is 6.23. The van der Waals surface area contributed by atoms with Gasteiger partial charge in [0.1, 0.15) is 5.75 Å². The minimum Gasteiger partial charge on any atom is -0.490 e. The Morgan fingerprint density at radius 3 is 2.47 bits per heavy atom. The van der Waals surface area contributed by atoms with Gasteiger partial charge in [0, 0.05) is 10.5 Å². The Kier molecular flexibility index (Phi) is 5.82. The van der Waals surface area contributed by atoms with Crippen molar-refractivity contribution >= 4 is 26.0 Å². The summed E-state index contributed by atoms with van der Waals surface area (Å²) in [6, 6.07) is 4.83. The summed E-state index contributed by atoms with van der Waals surface area (Å²) < 4.78 is 29.1. The third-order valence-electron chi connectivity index (χ3n) is 2.70. The number of primary sulfonamides is 1. The quantitative estimate of drug-likeness (QED) is 0.856. The van der Waals surface area contributed by atoms with Crippen molar-refractivity contribution in [2.24, 2.45) is 11.1 Å². The lowest BCUT2D eigenvalue weighted by Gasteiger charge is -2.20. The summed E-state index contributed by atoms with van der Waals surface area (Å²) in [6.07, 6.45) is 1.88. The van der Waals surface area contributed by atoms with Crippen LogP contribution < -0.4 is 9.88 Å². The third kappa shape index (κ3) is 5.12. The highest BCUT2D eigenvalue weighted by atomic mass is 79.9. The second-order valence-corrected chi connectivity index (χ2v) is 7.30. The van der Waals surface area contributed by atoms with Crippen LogP contribution >= 0.6 is 15.9 Å². The van der Waals surface area contributed by atoms with Gasteiger partial charge in [-0.3, -0.25) is 0 Å². The number of sulfonamides is 1. The SMILES string of the molecule is CCC(CC(C)C)Oc1ccc(Br)c(S(N)(=O)=O)c1. The lowest BCUT2D eigenvalue weighted by Crippen LogP contribution is -2.18. The predicted molar refractivity (Wildman–Crippen MR) is 79.7 cm³/mol. The van der Waals surface area contributed by atoms with Gasteiger partial charge in [0.25, 0.3) is 0 Å². The maximum absolute atomic E-state index is 11.4. The van der Waals surface area contributed by atoms with Gasteiger partial charge in [-0.2, -0.15) is 0 Å². The minimum atomic E-state index is -3.75. The summed E-state index contributed by atoms with van der Waals surface area (Å²) in [7, 11) is -3.75. The fourth-order valence-electron chi connectivity index (χ4n) is 1.79. The summed E-state index contributed by atoms with van der Waals surface area (Å²) in [4.78, 5) is 0.0457. The summed E-state index contributed by atoms with van der Waals surface area (Å²) >= 11 is 3.18. The second kappa shape index (κ2) is 6.72. The smallest absolute Gasteiger partial charge is 0.239 e. The zero-order chi connectivity index (χ0) is 14.6. The van der Waals surface area contributed by atoms with Gasteiger partial charge in [0.15, 0.2) is 0 Å². The average Bonchev–Trinajstić information content (AvgIpc) is 2.28. The number of hydrogen-bond acceptors (Lipinski definition) is 3. The van der Waals surface area contributed by atoms with E-state index in [2.05, 4.69) is 29.8 Å². The number of nitrogens with two attached hydrogens (primary N) is 1. The van der Waals surface area contributed by atoms with Crippen LogP contribution in [0.25, 0.3) is 0 Å². The Morgan fingerprint density at radius 2 is 2.00 bits per heavy atom. The third-order valence-corrected chi connectivity index (χ3v) is 4.61. The predicted octanol–water partition coefficient (Wildman–Crippen LogP) is 3.30. The van der Waals surface area contributed by atoms with E-state index in [1.807, 2.05) is 6.92 Å². The molecule has 19 heavy (non-hydrogen) atoms. The van der Waals surface area contributed by atoms with Crippen molar-refractivity contribution in [3.63, 3.8) is 0 Å². The van der Waals surface area contributed by atoms with Crippen molar-refractivity contribution in [1.29, 1.82) is 0 Å². The molecule has 0 saturated heterocycles. The zero-order valence-corrected chi connectivity index (χ0v) is 13.8. The maximum atomic E-state index is 11.4. The topological polar surface area (TPSA) is 69.4 Å². The fourth-order valence-corrected chi connectivity index (χ4v) is 3.34. The van der Waals surface area contributed by atoms with Crippen LogP contribution in [-0.4, -0.2) is 14.5 Å². The van der Waals surface area contributed by atoms with Crippen molar-refractivity contribution in [2.75, 3.05) is 0 Å². The van der Waals surface area contributed by atoms with Crippen LogP contribution in [0.2, 0.25) is 0 Å². The zero-order valence-electron chi connectivity index (χ0n) is 11.4. The molecule has 0 fully saturated rings. The molecule has 0 aliphatic carbocycles. The Hall–Kier alpha value is -0.590. The molecule has 1 unspecified atom stereocenters. The molecule has 0 amide bonds. The van der Waals surface area contributed by atoms with E-state index < -0.39 is 10.0 Å². The van der Waals surface area contributed by atoms with Crippen molar-refractivity contribution in [1.82, 2.24) is 0 Å². The normalized spacial score (nSPS) is 13.6. The van der Waals surface area contributed by atoms with Gasteiger partial charge in [-0.15, -0.1) is 0 Å². The van der Waals surface area contributed by atoms with Crippen LogP contribution in [0.4, 0.5) is 0 Å². The van der Waals surface area contributed by atoms with Crippen molar-refractivity contribution in [2.45, 2.75) is 44.6 Å². The van der Waals surface area contributed by atoms with Gasteiger partial charge >= 0.3 is 0 Å². The molecular formula is C13H20BrNO3S. The van der Waals surface area contributed by atoms with Gasteiger partial charge in [-0.05, 0) is 46.8 Å². The Labute approximate surface area is 123 Å². The van der Waals surface area contributed by atoms with Crippen LogP contribution in [0.15, 0.2) is 27.6 Å². The van der Waals surface area contributed by atoms with Crippen LogP contribution in [0.3, 0.4) is 0 Å². The molecule has 0 heterocycles. The number of ether oxygens (including phenoxy) is 1. The molecule has 2 N–H and O–H groups in total. The van der Waals surface area contributed by atoms with Crippen molar-refractivity contribution in [3.05, 3.63) is 22.7 Å². The van der Waals surface area contributed by atoms with Gasteiger partial charge in [-0.1, -0.05) is 20.8 Å². The highest BCUT2D eigenvalue weighted by molar-refractivity contribution is 9.10. The van der Waals surface area contributed by atoms with E-state index in [-0.39, 0.29) is 11.0 Å². The molecule has 1 atom stereocenters. The number of rotatable bonds is 6. The highest BCUT2D eigenvalue weighted by Crippen LogP contribution is 2.27. The molecule has 1 aromatic rings. The lowest BCUT2D eigenvalue weighted by atomic mass is 10.0. The van der Waals surface area contributed by atoms with Crippen molar-refractivity contribution in [3.8, 4) is 5.75 Å². The molecule has 0 radical (unpaired) electrons. The number of hydrogen-bond donors (Lipinski definition) is 1. The molecule has 1 rings (SSSR count). The summed E-state index contributed by atoms with van der Waals surface area (Å²) in [5, 5.41) is 5.16. The molecule has 6 heteroatoms. The van der Waals surface area contributed by atoms with E-state index in [0.717, 1.165) is 12.8 Å². The summed E-state index contributed by atoms with van der Waals surface area (Å²) in [5.41, 5.74) is 0. The van der Waals surface area contributed by atoms with Crippen LogP contribution in [0.1, 0.15) is 33.6 Å². The van der Waals surface area contributed by atoms with E-state index in [1.165, 1.54) is 6.07 Å². The maximum Gasteiger partial charge on any atom is 0.239 e. The molecule has 0 spiro atoms. The van der Waals surface area contributed by atoms with E-state index in [9.17, 15) is 8.42 Å². The molecule has 4 nitrogen and oxygen atoms in total. The van der Waals surface area contributed by atoms with Gasteiger partial charge in [-0.25, -0.2) is 13.6 Å². The molecular weight excluding hydrogens is 330 g/mol. The van der Waals surface area contributed by atoms with Crippen LogP contribution in [-0.2, 0) is 10.0 Å². The molecule has 108 valence electrons. The standard InChI is InChI=1S/C13H20BrNO3S/c1-4-10(7-9(2)3)18-11-5-6-12(14)13(8-11)19(15,16)17/h5-6,8-10H,4,7H2,1-3H3,(H2,15,16,17). The first-order chi connectivity index (χ1) is 8.74. The van der Waals surface area contributed by atoms with E-state index in [4.69, 9.17) is 9.88 Å². The Bertz CT molecular complexity index is 529. The minimum absolute atomic E-state index is 0.0457. The molecule has 0 bridgehead atoms. The molecule has 1 aromatic carbocycles. The number of benzene rings is 1. The summed E-state index contributed by atoms with van der Waals surface area (Å²) in [6.45, 7) is 6.30. The first kappa shape index (κ1) is 16.5. The van der Waals surface area contributed by atoms with E-state index in [0.29, 0.717) is 16.1 Å². The van der Waals surface area contributed by atoms with Gasteiger partial charge in [0.05, 0.1) is 11.0 Å². The van der Waals surface area contributed by atoms with Crippen molar-refractivity contribution < 1.29 is 13.2 Å². The summed E-state index contributed by atoms with van der Waals surface area (Å²) in [5.74, 6) is 1.05. The fraction of sp³-hybridized carbons (Fsp3) is 0.538. The lowest BCUT2D eigenvalue weighted by molar-refractivity contribution is 0.170. The number of halogens is 1. The molecule has 0 aromatic heterocycles. The van der Waals surface area contributed by atoms with E-state index >= 15 is 0 Å². The van der Waals surface area contributed by atoms with Crippen LogP contribution in [0.5, 0.6) is 5.75 Å². The first-order valence-corrected chi connectivity index (χ1v) is 8.57. The molecule has 0 aliphatic rings. The Morgan fingerprint density at radius 1 is 1.37 bits per heavy atom. The average molecular weight is 350 g/mol. The molecule has 0 aliphatic heterocycles. The van der Waals surface area contributed by atoms with Crippen LogP contribution in [0, 0.1) is 5.92 Å². The second-order valence-electron chi connectivity index (χ2n) is 4.91. The highest BCUT2D eigenvalue weighted by Gasteiger charge is 2.16. The van der Waals surface area contributed by atoms with Gasteiger partial charge < -0.3 is 4.74 Å². The monoisotopic (exact) mass is 349 g/mol.